The van der Waals surface area contributed by atoms with Crippen LogP contribution in [0.15, 0.2) is 34.9 Å². The van der Waals surface area contributed by atoms with Gasteiger partial charge in [-0.25, -0.2) is 4.79 Å². The zero-order chi connectivity index (χ0) is 14.9. The summed E-state index contributed by atoms with van der Waals surface area (Å²) in [5.41, 5.74) is -0.386. The molecule has 20 heavy (non-hydrogen) atoms. The van der Waals surface area contributed by atoms with E-state index in [1.54, 1.807) is 32.0 Å². The van der Waals surface area contributed by atoms with Gasteiger partial charge in [-0.2, -0.15) is 0 Å². The van der Waals surface area contributed by atoms with Crippen LogP contribution in [0.5, 0.6) is 0 Å². The van der Waals surface area contributed by atoms with E-state index in [9.17, 15) is 14.7 Å². The van der Waals surface area contributed by atoms with E-state index >= 15 is 0 Å². The molecule has 1 heterocycles. The van der Waals surface area contributed by atoms with Crippen molar-refractivity contribution in [3.63, 3.8) is 0 Å². The summed E-state index contributed by atoms with van der Waals surface area (Å²) < 4.78 is 5.30. The minimum atomic E-state index is -1.32. The van der Waals surface area contributed by atoms with Gasteiger partial charge in [-0.1, -0.05) is 32.0 Å². The van der Waals surface area contributed by atoms with Crippen LogP contribution >= 0.6 is 0 Å². The molecule has 2 aromatic rings. The highest BCUT2D eigenvalue weighted by molar-refractivity contribution is 6.07. The van der Waals surface area contributed by atoms with Crippen LogP contribution in [0.1, 0.15) is 31.1 Å². The zero-order valence-corrected chi connectivity index (χ0v) is 11.6. The van der Waals surface area contributed by atoms with Crippen molar-refractivity contribution in [2.45, 2.75) is 26.3 Å². The van der Waals surface area contributed by atoms with E-state index < -0.39 is 17.4 Å². The second kappa shape index (κ2) is 5.00. The Balaban J connectivity index is 2.35. The maximum Gasteiger partial charge on any atom is 0.329 e. The standard InChI is InChI=1S/C15H17NO4/c1-9(2)15(3,14(18)19)16-13(17)11-8-20-12-7-5-4-6-10(11)12/h4-9H,1-3H3,(H,16,17)(H,18,19)/t15-/m0/s1. The van der Waals surface area contributed by atoms with Crippen molar-refractivity contribution in [2.75, 3.05) is 0 Å². The van der Waals surface area contributed by atoms with Crippen molar-refractivity contribution in [3.8, 4) is 0 Å². The third-order valence-corrected chi connectivity index (χ3v) is 3.70. The monoisotopic (exact) mass is 275 g/mol. The lowest BCUT2D eigenvalue weighted by molar-refractivity contribution is -0.145. The number of carboxylic acids is 1. The van der Waals surface area contributed by atoms with Gasteiger partial charge in [0.2, 0.25) is 0 Å². The van der Waals surface area contributed by atoms with E-state index in [4.69, 9.17) is 4.42 Å². The van der Waals surface area contributed by atoms with Gasteiger partial charge < -0.3 is 14.8 Å². The lowest BCUT2D eigenvalue weighted by atomic mass is 9.88. The number of nitrogens with one attached hydrogen (secondary N) is 1. The SMILES string of the molecule is CC(C)[C@](C)(NC(=O)c1coc2ccccc12)C(=O)O. The van der Waals surface area contributed by atoms with Crippen LogP contribution in [0.25, 0.3) is 11.0 Å². The van der Waals surface area contributed by atoms with Gasteiger partial charge in [-0.3, -0.25) is 4.79 Å². The van der Waals surface area contributed by atoms with Crippen LogP contribution in [0, 0.1) is 5.92 Å². The molecule has 106 valence electrons. The Morgan fingerprint density at radius 2 is 1.95 bits per heavy atom. The number of benzene rings is 1. The molecule has 2 rings (SSSR count). The van der Waals surface area contributed by atoms with Gasteiger partial charge >= 0.3 is 5.97 Å². The van der Waals surface area contributed by atoms with Crippen molar-refractivity contribution in [2.24, 2.45) is 5.92 Å². The number of carboxylic acid groups (broad SMARTS) is 1. The molecule has 0 spiro atoms. The molecule has 1 amide bonds. The number of carbonyl (C=O) groups is 2. The van der Waals surface area contributed by atoms with Gasteiger partial charge in [0.1, 0.15) is 17.4 Å². The van der Waals surface area contributed by atoms with E-state index in [2.05, 4.69) is 5.32 Å². The first kappa shape index (κ1) is 14.1. The van der Waals surface area contributed by atoms with Crippen LogP contribution < -0.4 is 5.32 Å². The number of carbonyl (C=O) groups excluding carboxylic acids is 1. The molecule has 5 nitrogen and oxygen atoms in total. The lowest BCUT2D eigenvalue weighted by Crippen LogP contribution is -2.55. The van der Waals surface area contributed by atoms with E-state index in [-0.39, 0.29) is 5.92 Å². The average Bonchev–Trinajstić information content (AvgIpc) is 2.81. The first-order chi connectivity index (χ1) is 9.36. The predicted octanol–water partition coefficient (Wildman–Crippen LogP) is 2.66. The molecule has 0 bridgehead atoms. The first-order valence-corrected chi connectivity index (χ1v) is 6.38. The van der Waals surface area contributed by atoms with Crippen molar-refractivity contribution < 1.29 is 19.1 Å². The smallest absolute Gasteiger partial charge is 0.329 e. The van der Waals surface area contributed by atoms with Gasteiger partial charge in [-0.05, 0) is 18.9 Å². The van der Waals surface area contributed by atoms with Gasteiger partial charge in [0, 0.05) is 5.39 Å². The summed E-state index contributed by atoms with van der Waals surface area (Å²) >= 11 is 0. The van der Waals surface area contributed by atoms with E-state index in [0.717, 1.165) is 0 Å². The molecular formula is C15H17NO4. The summed E-state index contributed by atoms with van der Waals surface area (Å²) in [5.74, 6) is -1.76. The summed E-state index contributed by atoms with van der Waals surface area (Å²) in [7, 11) is 0. The topological polar surface area (TPSA) is 79.5 Å². The summed E-state index contributed by atoms with van der Waals surface area (Å²) in [4.78, 5) is 23.7. The zero-order valence-electron chi connectivity index (χ0n) is 11.6. The van der Waals surface area contributed by atoms with Crippen molar-refractivity contribution in [3.05, 3.63) is 36.1 Å². The molecule has 5 heteroatoms. The van der Waals surface area contributed by atoms with E-state index in [0.29, 0.717) is 16.5 Å². The number of aliphatic carboxylic acids is 1. The molecule has 0 fully saturated rings. The van der Waals surface area contributed by atoms with Crippen molar-refractivity contribution in [1.29, 1.82) is 0 Å². The molecule has 0 aliphatic carbocycles. The number of para-hydroxylation sites is 1. The second-order valence-electron chi connectivity index (χ2n) is 5.26. The Kier molecular flexibility index (Phi) is 3.53. The van der Waals surface area contributed by atoms with E-state index in [1.165, 1.54) is 13.2 Å². The Bertz CT molecular complexity index is 659. The van der Waals surface area contributed by atoms with Gasteiger partial charge in [0.15, 0.2) is 0 Å². The quantitative estimate of drug-likeness (QED) is 0.899. The molecule has 1 aromatic carbocycles. The lowest BCUT2D eigenvalue weighted by Gasteiger charge is -2.30. The van der Waals surface area contributed by atoms with Gasteiger partial charge in [0.25, 0.3) is 5.91 Å². The molecule has 2 N–H and O–H groups in total. The third-order valence-electron chi connectivity index (χ3n) is 3.70. The van der Waals surface area contributed by atoms with E-state index in [1.807, 2.05) is 6.07 Å². The molecule has 0 saturated heterocycles. The molecule has 1 atom stereocenters. The largest absolute Gasteiger partial charge is 0.480 e. The van der Waals surface area contributed by atoms with Crippen molar-refractivity contribution >= 4 is 22.8 Å². The Hall–Kier alpha value is -2.30. The predicted molar refractivity (Wildman–Crippen MR) is 74.6 cm³/mol. The Morgan fingerprint density at radius 3 is 2.55 bits per heavy atom. The maximum atomic E-state index is 12.3. The fourth-order valence-corrected chi connectivity index (χ4v) is 1.90. The number of furan rings is 1. The summed E-state index contributed by atoms with van der Waals surface area (Å²) in [6.07, 6.45) is 1.35. The van der Waals surface area contributed by atoms with Crippen LogP contribution in [0.4, 0.5) is 0 Å². The fourth-order valence-electron chi connectivity index (χ4n) is 1.90. The first-order valence-electron chi connectivity index (χ1n) is 6.38. The molecular weight excluding hydrogens is 258 g/mol. The molecule has 0 unspecified atom stereocenters. The minimum Gasteiger partial charge on any atom is -0.480 e. The highest BCUT2D eigenvalue weighted by Crippen LogP contribution is 2.23. The summed E-state index contributed by atoms with van der Waals surface area (Å²) in [6.45, 7) is 5.00. The number of rotatable bonds is 4. The normalized spacial score (nSPS) is 14.2. The van der Waals surface area contributed by atoms with Crippen molar-refractivity contribution in [1.82, 2.24) is 5.32 Å². The van der Waals surface area contributed by atoms with Crippen LogP contribution in [-0.2, 0) is 4.79 Å². The Morgan fingerprint density at radius 1 is 1.30 bits per heavy atom. The highest BCUT2D eigenvalue weighted by Gasteiger charge is 2.38. The number of fused-ring (bicyclic) bond motifs is 1. The minimum absolute atomic E-state index is 0.248. The van der Waals surface area contributed by atoms with Crippen LogP contribution in [0.3, 0.4) is 0 Å². The average molecular weight is 275 g/mol. The summed E-state index contributed by atoms with van der Waals surface area (Å²) in [6, 6.07) is 7.13. The molecule has 0 saturated carbocycles. The number of hydrogen-bond donors (Lipinski definition) is 2. The molecule has 0 aliphatic heterocycles. The summed E-state index contributed by atoms with van der Waals surface area (Å²) in [5, 5.41) is 12.6. The number of amides is 1. The van der Waals surface area contributed by atoms with Gasteiger partial charge in [-0.15, -0.1) is 0 Å². The maximum absolute atomic E-state index is 12.3. The Labute approximate surface area is 116 Å². The molecule has 1 aromatic heterocycles. The van der Waals surface area contributed by atoms with Crippen LogP contribution in [-0.4, -0.2) is 22.5 Å². The molecule has 0 aliphatic rings. The van der Waals surface area contributed by atoms with Gasteiger partial charge in [0.05, 0.1) is 5.56 Å². The van der Waals surface area contributed by atoms with Crippen LogP contribution in [0.2, 0.25) is 0 Å². The number of hydrogen-bond acceptors (Lipinski definition) is 3. The highest BCUT2D eigenvalue weighted by atomic mass is 16.4. The third kappa shape index (κ3) is 2.27. The fraction of sp³-hybridized carbons (Fsp3) is 0.333. The molecule has 0 radical (unpaired) electrons. The second-order valence-corrected chi connectivity index (χ2v) is 5.26.